The molecule has 6 heteroatoms. The number of nitrogens with zero attached hydrogens (tertiary/aromatic N) is 1. The Balaban J connectivity index is 2.02. The molecule has 1 amide bonds. The fourth-order valence-electron chi connectivity index (χ4n) is 1.26. The van der Waals surface area contributed by atoms with Gasteiger partial charge in [-0.25, -0.2) is 4.39 Å². The van der Waals surface area contributed by atoms with Gasteiger partial charge in [0.15, 0.2) is 11.6 Å². The number of benzene rings is 1. The molecule has 0 aliphatic rings. The van der Waals surface area contributed by atoms with Crippen LogP contribution in [0.1, 0.15) is 10.4 Å². The molecule has 0 saturated carbocycles. The van der Waals surface area contributed by atoms with Gasteiger partial charge in [-0.3, -0.25) is 9.78 Å². The number of nitrogen functional groups attached to an aromatic ring is 1. The van der Waals surface area contributed by atoms with Crippen molar-refractivity contribution in [3.05, 3.63) is 54.1 Å². The van der Waals surface area contributed by atoms with Crippen LogP contribution in [0.3, 0.4) is 0 Å². The smallest absolute Gasteiger partial charge is 0.285 e. The molecule has 0 aliphatic heterocycles. The van der Waals surface area contributed by atoms with Crippen LogP contribution in [0.5, 0.6) is 5.75 Å². The summed E-state index contributed by atoms with van der Waals surface area (Å²) in [5.74, 6) is -1.28. The summed E-state index contributed by atoms with van der Waals surface area (Å²) in [4.78, 5) is 20.2. The highest BCUT2D eigenvalue weighted by Crippen LogP contribution is 2.18. The number of hydroxylamine groups is 1. The zero-order valence-electron chi connectivity index (χ0n) is 9.26. The van der Waals surface area contributed by atoms with Gasteiger partial charge in [0.1, 0.15) is 0 Å². The molecule has 3 N–H and O–H groups in total. The van der Waals surface area contributed by atoms with E-state index in [1.165, 1.54) is 24.5 Å². The van der Waals surface area contributed by atoms with Gasteiger partial charge in [-0.05, 0) is 24.3 Å². The molecule has 2 aromatic rings. The topological polar surface area (TPSA) is 77.2 Å². The van der Waals surface area contributed by atoms with E-state index in [-0.39, 0.29) is 11.4 Å². The fourth-order valence-corrected chi connectivity index (χ4v) is 1.26. The zero-order chi connectivity index (χ0) is 13.0. The molecule has 1 aromatic heterocycles. The van der Waals surface area contributed by atoms with Crippen molar-refractivity contribution in [1.29, 1.82) is 0 Å². The van der Waals surface area contributed by atoms with Gasteiger partial charge in [0.25, 0.3) is 5.91 Å². The molecule has 5 nitrogen and oxygen atoms in total. The monoisotopic (exact) mass is 247 g/mol. The quantitative estimate of drug-likeness (QED) is 0.637. The van der Waals surface area contributed by atoms with Gasteiger partial charge in [0.2, 0.25) is 0 Å². The van der Waals surface area contributed by atoms with E-state index in [0.717, 1.165) is 6.07 Å². The molecule has 0 atom stereocenters. The number of amides is 1. The number of carbonyl (C=O) groups excluding carboxylic acids is 1. The molecule has 0 bridgehead atoms. The molecule has 0 unspecified atom stereocenters. The van der Waals surface area contributed by atoms with Crippen LogP contribution < -0.4 is 16.1 Å². The Morgan fingerprint density at radius 2 is 2.22 bits per heavy atom. The normalized spacial score (nSPS) is 9.83. The van der Waals surface area contributed by atoms with Crippen molar-refractivity contribution in [2.75, 3.05) is 5.73 Å². The minimum absolute atomic E-state index is 0.110. The minimum Gasteiger partial charge on any atom is -0.399 e. The Labute approximate surface area is 102 Å². The summed E-state index contributed by atoms with van der Waals surface area (Å²) in [5.41, 5.74) is 8.09. The van der Waals surface area contributed by atoms with Crippen molar-refractivity contribution in [3.8, 4) is 5.75 Å². The lowest BCUT2D eigenvalue weighted by Crippen LogP contribution is -2.27. The lowest BCUT2D eigenvalue weighted by Gasteiger charge is -2.07. The highest BCUT2D eigenvalue weighted by molar-refractivity contribution is 5.93. The lowest BCUT2D eigenvalue weighted by molar-refractivity contribution is 0.0752. The predicted molar refractivity (Wildman–Crippen MR) is 63.1 cm³/mol. The van der Waals surface area contributed by atoms with Gasteiger partial charge in [-0.2, -0.15) is 5.48 Å². The summed E-state index contributed by atoms with van der Waals surface area (Å²) < 4.78 is 13.3. The van der Waals surface area contributed by atoms with Crippen LogP contribution in [0, 0.1) is 5.82 Å². The molecule has 0 aliphatic carbocycles. The van der Waals surface area contributed by atoms with Gasteiger partial charge in [-0.15, -0.1) is 0 Å². The number of rotatable bonds is 3. The molecule has 92 valence electrons. The van der Waals surface area contributed by atoms with Crippen LogP contribution in [0.25, 0.3) is 0 Å². The van der Waals surface area contributed by atoms with Crippen molar-refractivity contribution in [2.45, 2.75) is 0 Å². The van der Waals surface area contributed by atoms with Gasteiger partial charge in [0, 0.05) is 24.1 Å². The number of hydrogen-bond donors (Lipinski definition) is 2. The van der Waals surface area contributed by atoms with E-state index >= 15 is 0 Å². The van der Waals surface area contributed by atoms with Gasteiger partial charge in [-0.1, -0.05) is 0 Å². The van der Waals surface area contributed by atoms with Crippen LogP contribution in [-0.2, 0) is 0 Å². The van der Waals surface area contributed by atoms with Crippen LogP contribution in [0.4, 0.5) is 10.1 Å². The molecule has 2 rings (SSSR count). The minimum atomic E-state index is -0.651. The van der Waals surface area contributed by atoms with Crippen LogP contribution in [-0.4, -0.2) is 10.9 Å². The largest absolute Gasteiger partial charge is 0.399 e. The molecule has 0 spiro atoms. The number of nitrogens with one attached hydrogen (secondary N) is 1. The molecular formula is C12H10FN3O2. The number of carbonyl (C=O) groups is 1. The summed E-state index contributed by atoms with van der Waals surface area (Å²) in [6, 6.07) is 7.07. The summed E-state index contributed by atoms with van der Waals surface area (Å²) in [6.07, 6.45) is 2.91. The standard InChI is InChI=1S/C12H10FN3O2/c13-10-6-9(14)3-4-11(10)18-16-12(17)8-2-1-5-15-7-8/h1-7H,14H2,(H,16,17). The second-order valence-electron chi connectivity index (χ2n) is 3.46. The van der Waals surface area contributed by atoms with Crippen LogP contribution in [0.15, 0.2) is 42.7 Å². The lowest BCUT2D eigenvalue weighted by atomic mass is 10.3. The number of nitrogens with two attached hydrogens (primary N) is 1. The second kappa shape index (κ2) is 5.13. The Morgan fingerprint density at radius 1 is 1.39 bits per heavy atom. The maximum atomic E-state index is 13.3. The maximum Gasteiger partial charge on any atom is 0.285 e. The average molecular weight is 247 g/mol. The first-order valence-corrected chi connectivity index (χ1v) is 5.09. The molecular weight excluding hydrogens is 237 g/mol. The molecule has 1 aromatic carbocycles. The van der Waals surface area contributed by atoms with E-state index < -0.39 is 11.7 Å². The first kappa shape index (κ1) is 11.8. The van der Waals surface area contributed by atoms with E-state index in [2.05, 4.69) is 10.5 Å². The predicted octanol–water partition coefficient (Wildman–Crippen LogP) is 1.53. The number of halogens is 1. The first-order valence-electron chi connectivity index (χ1n) is 5.09. The highest BCUT2D eigenvalue weighted by atomic mass is 19.1. The Morgan fingerprint density at radius 3 is 2.89 bits per heavy atom. The molecule has 0 radical (unpaired) electrons. The zero-order valence-corrected chi connectivity index (χ0v) is 9.26. The SMILES string of the molecule is Nc1ccc(ONC(=O)c2cccnc2)c(F)c1. The average Bonchev–Trinajstić information content (AvgIpc) is 2.38. The third-order valence-corrected chi connectivity index (χ3v) is 2.13. The fraction of sp³-hybridized carbons (Fsp3) is 0. The van der Waals surface area contributed by atoms with E-state index in [0.29, 0.717) is 5.56 Å². The Hall–Kier alpha value is -2.63. The number of hydrogen-bond acceptors (Lipinski definition) is 4. The summed E-state index contributed by atoms with van der Waals surface area (Å²) in [5, 5.41) is 0. The van der Waals surface area contributed by atoms with E-state index in [4.69, 9.17) is 10.6 Å². The second-order valence-corrected chi connectivity index (χ2v) is 3.46. The van der Waals surface area contributed by atoms with Crippen molar-refractivity contribution in [3.63, 3.8) is 0 Å². The third-order valence-electron chi connectivity index (χ3n) is 2.13. The Kier molecular flexibility index (Phi) is 3.38. The summed E-state index contributed by atoms with van der Waals surface area (Å²) in [6.45, 7) is 0. The first-order chi connectivity index (χ1) is 8.66. The van der Waals surface area contributed by atoms with Crippen molar-refractivity contribution in [1.82, 2.24) is 10.5 Å². The Bertz CT molecular complexity index is 561. The van der Waals surface area contributed by atoms with Crippen LogP contribution in [0.2, 0.25) is 0 Å². The van der Waals surface area contributed by atoms with Crippen LogP contribution >= 0.6 is 0 Å². The van der Waals surface area contributed by atoms with E-state index in [1.54, 1.807) is 12.1 Å². The van der Waals surface area contributed by atoms with Gasteiger partial charge < -0.3 is 10.6 Å². The van der Waals surface area contributed by atoms with E-state index in [1.807, 2.05) is 0 Å². The molecule has 0 fully saturated rings. The van der Waals surface area contributed by atoms with E-state index in [9.17, 15) is 9.18 Å². The third kappa shape index (κ3) is 2.73. The summed E-state index contributed by atoms with van der Waals surface area (Å²) >= 11 is 0. The van der Waals surface area contributed by atoms with Crippen molar-refractivity contribution < 1.29 is 14.0 Å². The number of pyridine rings is 1. The van der Waals surface area contributed by atoms with Gasteiger partial charge >= 0.3 is 0 Å². The maximum absolute atomic E-state index is 13.3. The number of anilines is 1. The highest BCUT2D eigenvalue weighted by Gasteiger charge is 2.08. The van der Waals surface area contributed by atoms with Gasteiger partial charge in [0.05, 0.1) is 5.56 Å². The molecule has 0 saturated heterocycles. The van der Waals surface area contributed by atoms with Crippen molar-refractivity contribution in [2.24, 2.45) is 0 Å². The summed E-state index contributed by atoms with van der Waals surface area (Å²) in [7, 11) is 0. The molecule has 18 heavy (non-hydrogen) atoms. The van der Waals surface area contributed by atoms with Crippen molar-refractivity contribution >= 4 is 11.6 Å². The molecule has 1 heterocycles. The number of aromatic nitrogens is 1.